The molecule has 1 aromatic heterocycles. The number of hydrogen-bond acceptors (Lipinski definition) is 2. The summed E-state index contributed by atoms with van der Waals surface area (Å²) in [7, 11) is 0. The number of nitrogens with one attached hydrogen (secondary N) is 2. The highest BCUT2D eigenvalue weighted by molar-refractivity contribution is 6.03. The van der Waals surface area contributed by atoms with E-state index in [1.807, 2.05) is 6.92 Å². The number of rotatable bonds is 1. The van der Waals surface area contributed by atoms with Crippen LogP contribution in [0.15, 0.2) is 6.20 Å². The molecule has 0 spiro atoms. The lowest BCUT2D eigenvalue weighted by Crippen LogP contribution is -2.09. The Morgan fingerprint density at radius 3 is 3.00 bits per heavy atom. The third kappa shape index (κ3) is 1.86. The first-order valence-electron chi connectivity index (χ1n) is 3.47. The lowest BCUT2D eigenvalue weighted by molar-refractivity contribution is -0.111. The smallest absolute Gasteiger partial charge is 0.300 e. The number of amides is 1. The van der Waals surface area contributed by atoms with Crippen molar-refractivity contribution in [2.75, 3.05) is 5.32 Å². The SMILES string of the molecule is CC#CC(=O)Nc1[nH]ncc1C. The quantitative estimate of drug-likeness (QED) is 0.598. The second-order valence-electron chi connectivity index (χ2n) is 2.26. The molecule has 0 aliphatic heterocycles. The Bertz CT molecular complexity index is 343. The molecule has 0 atom stereocenters. The van der Waals surface area contributed by atoms with Gasteiger partial charge in [-0.25, -0.2) is 0 Å². The van der Waals surface area contributed by atoms with Gasteiger partial charge in [-0.15, -0.1) is 0 Å². The minimum atomic E-state index is -0.329. The van der Waals surface area contributed by atoms with Crippen molar-refractivity contribution in [1.29, 1.82) is 0 Å². The van der Waals surface area contributed by atoms with E-state index >= 15 is 0 Å². The minimum absolute atomic E-state index is 0.329. The van der Waals surface area contributed by atoms with E-state index < -0.39 is 0 Å². The number of carbonyl (C=O) groups excluding carboxylic acids is 1. The molecule has 1 heterocycles. The van der Waals surface area contributed by atoms with Gasteiger partial charge in [-0.2, -0.15) is 5.10 Å². The highest BCUT2D eigenvalue weighted by Crippen LogP contribution is 2.07. The number of nitrogens with zero attached hydrogens (tertiary/aromatic N) is 1. The summed E-state index contributed by atoms with van der Waals surface area (Å²) in [5, 5.41) is 8.95. The molecule has 62 valence electrons. The van der Waals surface area contributed by atoms with Crippen LogP contribution in [-0.2, 0) is 4.79 Å². The maximum Gasteiger partial charge on any atom is 0.301 e. The van der Waals surface area contributed by atoms with Gasteiger partial charge >= 0.3 is 5.91 Å². The van der Waals surface area contributed by atoms with Gasteiger partial charge in [-0.1, -0.05) is 5.92 Å². The predicted molar refractivity (Wildman–Crippen MR) is 45.4 cm³/mol. The molecule has 0 bridgehead atoms. The molecule has 0 saturated carbocycles. The fourth-order valence-electron chi connectivity index (χ4n) is 0.731. The monoisotopic (exact) mass is 163 g/mol. The molecule has 0 saturated heterocycles. The van der Waals surface area contributed by atoms with Crippen molar-refractivity contribution in [1.82, 2.24) is 10.2 Å². The summed E-state index contributed by atoms with van der Waals surface area (Å²) in [4.78, 5) is 10.9. The topological polar surface area (TPSA) is 57.8 Å². The number of aromatic amines is 1. The summed E-state index contributed by atoms with van der Waals surface area (Å²) >= 11 is 0. The van der Waals surface area contributed by atoms with Crippen LogP contribution in [-0.4, -0.2) is 16.1 Å². The molecule has 0 fully saturated rings. The van der Waals surface area contributed by atoms with Crippen molar-refractivity contribution >= 4 is 11.7 Å². The second kappa shape index (κ2) is 3.58. The Morgan fingerprint density at radius 1 is 1.75 bits per heavy atom. The van der Waals surface area contributed by atoms with Gasteiger partial charge in [0, 0.05) is 5.56 Å². The summed E-state index contributed by atoms with van der Waals surface area (Å²) in [6.45, 7) is 3.46. The highest BCUT2D eigenvalue weighted by Gasteiger charge is 2.01. The van der Waals surface area contributed by atoms with Crippen LogP contribution in [0.1, 0.15) is 12.5 Å². The molecule has 1 aromatic rings. The number of aromatic nitrogens is 2. The lowest BCUT2D eigenvalue weighted by Gasteiger charge is -1.96. The van der Waals surface area contributed by atoms with E-state index in [0.29, 0.717) is 5.82 Å². The molecule has 2 N–H and O–H groups in total. The Morgan fingerprint density at radius 2 is 2.50 bits per heavy atom. The molecule has 4 heteroatoms. The van der Waals surface area contributed by atoms with E-state index in [4.69, 9.17) is 0 Å². The third-order valence-corrected chi connectivity index (χ3v) is 1.31. The van der Waals surface area contributed by atoms with Gasteiger partial charge in [0.25, 0.3) is 0 Å². The number of anilines is 1. The second-order valence-corrected chi connectivity index (χ2v) is 2.26. The molecule has 0 unspecified atom stereocenters. The average Bonchev–Trinajstić information content (AvgIpc) is 2.37. The van der Waals surface area contributed by atoms with Crippen molar-refractivity contribution in [3.8, 4) is 11.8 Å². The Hall–Kier alpha value is -1.76. The van der Waals surface area contributed by atoms with Crippen molar-refractivity contribution < 1.29 is 4.79 Å². The first-order valence-corrected chi connectivity index (χ1v) is 3.47. The molecule has 0 aliphatic rings. The van der Waals surface area contributed by atoms with Crippen LogP contribution in [0.4, 0.5) is 5.82 Å². The van der Waals surface area contributed by atoms with E-state index in [-0.39, 0.29) is 5.91 Å². The third-order valence-electron chi connectivity index (χ3n) is 1.31. The molecular weight excluding hydrogens is 154 g/mol. The van der Waals surface area contributed by atoms with Crippen molar-refractivity contribution in [3.63, 3.8) is 0 Å². The number of aryl methyl sites for hydroxylation is 1. The van der Waals surface area contributed by atoms with E-state index in [9.17, 15) is 4.79 Å². The molecule has 1 rings (SSSR count). The van der Waals surface area contributed by atoms with Crippen molar-refractivity contribution in [2.45, 2.75) is 13.8 Å². The Kier molecular flexibility index (Phi) is 2.49. The van der Waals surface area contributed by atoms with Gasteiger partial charge in [0.15, 0.2) is 0 Å². The van der Waals surface area contributed by atoms with Gasteiger partial charge in [-0.3, -0.25) is 15.2 Å². The molecular formula is C8H9N3O. The van der Waals surface area contributed by atoms with Crippen LogP contribution >= 0.6 is 0 Å². The van der Waals surface area contributed by atoms with E-state index in [1.54, 1.807) is 13.1 Å². The van der Waals surface area contributed by atoms with Gasteiger partial charge in [-0.05, 0) is 19.8 Å². The molecule has 12 heavy (non-hydrogen) atoms. The summed E-state index contributed by atoms with van der Waals surface area (Å²) in [6.07, 6.45) is 1.63. The Balaban J connectivity index is 2.68. The molecule has 4 nitrogen and oxygen atoms in total. The van der Waals surface area contributed by atoms with Crippen LogP contribution in [0.3, 0.4) is 0 Å². The number of carbonyl (C=O) groups is 1. The summed E-state index contributed by atoms with van der Waals surface area (Å²) in [6, 6.07) is 0. The fourth-order valence-corrected chi connectivity index (χ4v) is 0.731. The first kappa shape index (κ1) is 8.34. The van der Waals surface area contributed by atoms with Gasteiger partial charge in [0.05, 0.1) is 6.20 Å². The largest absolute Gasteiger partial charge is 0.301 e. The maximum absolute atomic E-state index is 10.9. The normalized spacial score (nSPS) is 8.50. The van der Waals surface area contributed by atoms with Gasteiger partial charge in [0.1, 0.15) is 5.82 Å². The van der Waals surface area contributed by atoms with E-state index in [2.05, 4.69) is 27.4 Å². The zero-order chi connectivity index (χ0) is 8.97. The molecule has 0 radical (unpaired) electrons. The Labute approximate surface area is 70.4 Å². The zero-order valence-corrected chi connectivity index (χ0v) is 6.93. The average molecular weight is 163 g/mol. The molecule has 1 amide bonds. The van der Waals surface area contributed by atoms with Crippen LogP contribution in [0.2, 0.25) is 0 Å². The van der Waals surface area contributed by atoms with Crippen molar-refractivity contribution in [3.05, 3.63) is 11.8 Å². The fraction of sp³-hybridized carbons (Fsp3) is 0.250. The van der Waals surface area contributed by atoms with Crippen LogP contribution < -0.4 is 5.32 Å². The summed E-state index contributed by atoms with van der Waals surface area (Å²) < 4.78 is 0. The highest BCUT2D eigenvalue weighted by atomic mass is 16.1. The molecule has 0 aromatic carbocycles. The van der Waals surface area contributed by atoms with E-state index in [0.717, 1.165) is 5.56 Å². The van der Waals surface area contributed by atoms with Gasteiger partial charge in [0.2, 0.25) is 0 Å². The summed E-state index contributed by atoms with van der Waals surface area (Å²) in [5.74, 6) is 5.14. The predicted octanol–water partition coefficient (Wildman–Crippen LogP) is 0.680. The number of hydrogen-bond donors (Lipinski definition) is 2. The van der Waals surface area contributed by atoms with Crippen LogP contribution in [0.5, 0.6) is 0 Å². The lowest BCUT2D eigenvalue weighted by atomic mass is 10.4. The van der Waals surface area contributed by atoms with Crippen molar-refractivity contribution in [2.24, 2.45) is 0 Å². The number of H-pyrrole nitrogens is 1. The maximum atomic E-state index is 10.9. The van der Waals surface area contributed by atoms with Crippen LogP contribution in [0.25, 0.3) is 0 Å². The summed E-state index contributed by atoms with van der Waals surface area (Å²) in [5.41, 5.74) is 0.890. The first-order chi connectivity index (χ1) is 5.74. The van der Waals surface area contributed by atoms with Crippen LogP contribution in [0, 0.1) is 18.8 Å². The molecule has 0 aliphatic carbocycles. The standard InChI is InChI=1S/C8H9N3O/c1-3-4-7(12)10-8-6(2)5-9-11-8/h5H,1-2H3,(H2,9,10,11,12). The van der Waals surface area contributed by atoms with Gasteiger partial charge < -0.3 is 0 Å². The van der Waals surface area contributed by atoms with E-state index in [1.165, 1.54) is 0 Å². The minimum Gasteiger partial charge on any atom is -0.300 e. The zero-order valence-electron chi connectivity index (χ0n) is 6.93.